The molecule has 2 heterocycles. The van der Waals surface area contributed by atoms with E-state index in [4.69, 9.17) is 0 Å². The van der Waals surface area contributed by atoms with Crippen LogP contribution >= 0.6 is 11.3 Å². The molecule has 1 atom stereocenters. The number of hydrogen-bond acceptors (Lipinski definition) is 3. The molecule has 1 aliphatic rings. The van der Waals surface area contributed by atoms with Crippen molar-refractivity contribution in [2.24, 2.45) is 11.8 Å². The first-order valence-electron chi connectivity index (χ1n) is 9.95. The number of nitrogens with one attached hydrogen (secondary N) is 1. The van der Waals surface area contributed by atoms with Crippen molar-refractivity contribution in [1.82, 2.24) is 10.2 Å². The maximum Gasteiger partial charge on any atom is 0.317 e. The average molecular weight is 400 g/mol. The Morgan fingerprint density at radius 3 is 2.71 bits per heavy atom. The Morgan fingerprint density at radius 2 is 2.04 bits per heavy atom. The number of benzene rings is 1. The van der Waals surface area contributed by atoms with Crippen LogP contribution in [0.5, 0.6) is 0 Å². The lowest BCUT2D eigenvalue weighted by molar-refractivity contribution is -0.123. The maximum atomic E-state index is 13.4. The molecule has 0 radical (unpaired) electrons. The zero-order chi connectivity index (χ0) is 19.9. The second-order valence-electron chi connectivity index (χ2n) is 7.76. The van der Waals surface area contributed by atoms with Crippen LogP contribution in [0.15, 0.2) is 47.2 Å². The molecule has 150 valence electrons. The molecule has 5 nitrogen and oxygen atoms in total. The van der Waals surface area contributed by atoms with Gasteiger partial charge < -0.3 is 15.1 Å². The lowest BCUT2D eigenvalue weighted by Gasteiger charge is -2.35. The van der Waals surface area contributed by atoms with Crippen LogP contribution in [-0.2, 0) is 11.3 Å². The maximum absolute atomic E-state index is 13.4. The summed E-state index contributed by atoms with van der Waals surface area (Å²) in [5.41, 5.74) is 2.03. The highest BCUT2D eigenvalue weighted by Crippen LogP contribution is 2.25. The van der Waals surface area contributed by atoms with Crippen LogP contribution < -0.4 is 10.2 Å². The Hall–Kier alpha value is -2.34. The van der Waals surface area contributed by atoms with Crippen molar-refractivity contribution in [3.63, 3.8) is 0 Å². The normalized spacial score (nSPS) is 16.8. The summed E-state index contributed by atoms with van der Waals surface area (Å²) in [6.07, 6.45) is 1.67. The molecule has 0 saturated carbocycles. The van der Waals surface area contributed by atoms with Gasteiger partial charge in [-0.3, -0.25) is 4.79 Å². The fourth-order valence-corrected chi connectivity index (χ4v) is 4.12. The van der Waals surface area contributed by atoms with Crippen LogP contribution in [0.3, 0.4) is 0 Å². The topological polar surface area (TPSA) is 52.7 Å². The first-order chi connectivity index (χ1) is 13.5. The van der Waals surface area contributed by atoms with Gasteiger partial charge in [0.1, 0.15) is 0 Å². The third-order valence-electron chi connectivity index (χ3n) is 4.97. The zero-order valence-corrected chi connectivity index (χ0v) is 17.5. The van der Waals surface area contributed by atoms with E-state index in [1.807, 2.05) is 40.6 Å². The zero-order valence-electron chi connectivity index (χ0n) is 16.6. The summed E-state index contributed by atoms with van der Waals surface area (Å²) in [5, 5.41) is 7.08. The number of carbonyl (C=O) groups excluding carboxylic acids is 2. The predicted octanol–water partition coefficient (Wildman–Crippen LogP) is 4.36. The van der Waals surface area contributed by atoms with Gasteiger partial charge in [-0.15, -0.1) is 0 Å². The quantitative estimate of drug-likeness (QED) is 0.785. The highest BCUT2D eigenvalue weighted by atomic mass is 32.1. The smallest absolute Gasteiger partial charge is 0.317 e. The van der Waals surface area contributed by atoms with E-state index in [9.17, 15) is 9.59 Å². The van der Waals surface area contributed by atoms with E-state index in [-0.39, 0.29) is 17.9 Å². The van der Waals surface area contributed by atoms with Crippen molar-refractivity contribution in [3.05, 3.63) is 52.7 Å². The third-order valence-corrected chi connectivity index (χ3v) is 5.71. The molecule has 1 aliphatic heterocycles. The third kappa shape index (κ3) is 5.35. The molecule has 1 aromatic carbocycles. The van der Waals surface area contributed by atoms with Crippen LogP contribution in [0.2, 0.25) is 0 Å². The molecular formula is C22H29N3O2S. The average Bonchev–Trinajstić information content (AvgIpc) is 3.24. The number of anilines is 1. The van der Waals surface area contributed by atoms with Crippen LogP contribution in [0.25, 0.3) is 0 Å². The lowest BCUT2D eigenvalue weighted by Crippen LogP contribution is -2.50. The van der Waals surface area contributed by atoms with Crippen molar-refractivity contribution in [2.45, 2.75) is 33.2 Å². The molecule has 3 amide bonds. The van der Waals surface area contributed by atoms with Gasteiger partial charge in [0.2, 0.25) is 5.91 Å². The highest BCUT2D eigenvalue weighted by Gasteiger charge is 2.32. The minimum Gasteiger partial charge on any atom is -0.338 e. The Bertz CT molecular complexity index is 761. The van der Waals surface area contributed by atoms with E-state index in [1.165, 1.54) is 0 Å². The second kappa shape index (κ2) is 9.73. The summed E-state index contributed by atoms with van der Waals surface area (Å²) in [6.45, 7) is 6.56. The van der Waals surface area contributed by atoms with E-state index in [2.05, 4.69) is 30.6 Å². The van der Waals surface area contributed by atoms with Crippen molar-refractivity contribution in [3.8, 4) is 0 Å². The number of likely N-dealkylation sites (tertiary alicyclic amines) is 1. The van der Waals surface area contributed by atoms with Crippen LogP contribution in [-0.4, -0.2) is 36.5 Å². The largest absolute Gasteiger partial charge is 0.338 e. The van der Waals surface area contributed by atoms with Gasteiger partial charge in [0, 0.05) is 25.3 Å². The molecule has 28 heavy (non-hydrogen) atoms. The Kier molecular flexibility index (Phi) is 7.09. The van der Waals surface area contributed by atoms with Crippen LogP contribution in [0, 0.1) is 11.8 Å². The summed E-state index contributed by atoms with van der Waals surface area (Å²) in [7, 11) is 0. The van der Waals surface area contributed by atoms with Gasteiger partial charge in [0.15, 0.2) is 0 Å². The van der Waals surface area contributed by atoms with E-state index in [1.54, 1.807) is 16.2 Å². The Morgan fingerprint density at radius 1 is 1.25 bits per heavy atom. The number of piperidine rings is 1. The minimum absolute atomic E-state index is 0.0599. The van der Waals surface area contributed by atoms with Gasteiger partial charge in [-0.1, -0.05) is 32.0 Å². The predicted molar refractivity (Wildman–Crippen MR) is 114 cm³/mol. The molecule has 0 spiro atoms. The second-order valence-corrected chi connectivity index (χ2v) is 8.54. The number of amides is 3. The number of nitrogens with zero attached hydrogens (tertiary/aromatic N) is 2. The summed E-state index contributed by atoms with van der Waals surface area (Å²) in [6, 6.07) is 11.8. The number of carbonyl (C=O) groups is 2. The van der Waals surface area contributed by atoms with Gasteiger partial charge in [0.05, 0.1) is 12.5 Å². The van der Waals surface area contributed by atoms with E-state index >= 15 is 0 Å². The molecule has 1 N–H and O–H groups in total. The van der Waals surface area contributed by atoms with Crippen molar-refractivity contribution >= 4 is 29.0 Å². The van der Waals surface area contributed by atoms with E-state index in [0.717, 1.165) is 24.1 Å². The fraction of sp³-hybridized carbons (Fsp3) is 0.455. The summed E-state index contributed by atoms with van der Waals surface area (Å²) in [4.78, 5) is 29.5. The molecule has 3 rings (SSSR count). The SMILES string of the molecule is CC(C)CNC(=O)N1CCC[C@H](C(=O)N(Cc2ccsc2)c2ccccc2)C1. The number of hydrogen-bond donors (Lipinski definition) is 1. The molecule has 2 aromatic rings. The standard InChI is InChI=1S/C22H29N3O2S/c1-17(2)13-23-22(27)24-11-6-7-19(15-24)21(26)25(14-18-10-12-28-16-18)20-8-4-3-5-9-20/h3-5,8-10,12,16-17,19H,6-7,11,13-15H2,1-2H3,(H,23,27)/t19-/m0/s1. The first-order valence-corrected chi connectivity index (χ1v) is 10.9. The van der Waals surface area contributed by atoms with Gasteiger partial charge in [-0.05, 0) is 53.3 Å². The Balaban J connectivity index is 1.71. The molecule has 1 saturated heterocycles. The number of para-hydroxylation sites is 1. The summed E-state index contributed by atoms with van der Waals surface area (Å²) < 4.78 is 0. The molecule has 0 aliphatic carbocycles. The lowest BCUT2D eigenvalue weighted by atomic mass is 9.96. The van der Waals surface area contributed by atoms with Crippen molar-refractivity contribution < 1.29 is 9.59 Å². The van der Waals surface area contributed by atoms with Crippen molar-refractivity contribution in [1.29, 1.82) is 0 Å². The van der Waals surface area contributed by atoms with Gasteiger partial charge in [0.25, 0.3) is 0 Å². The number of rotatable bonds is 6. The number of urea groups is 1. The molecule has 0 unspecified atom stereocenters. The first kappa shape index (κ1) is 20.4. The minimum atomic E-state index is -0.169. The van der Waals surface area contributed by atoms with Crippen molar-refractivity contribution in [2.75, 3.05) is 24.5 Å². The molecule has 1 fully saturated rings. The molecule has 6 heteroatoms. The number of thiophene rings is 1. The Labute approximate surface area is 171 Å². The molecule has 0 bridgehead atoms. The summed E-state index contributed by atoms with van der Waals surface area (Å²) in [5.74, 6) is 0.335. The monoisotopic (exact) mass is 399 g/mol. The van der Waals surface area contributed by atoms with Crippen LogP contribution in [0.1, 0.15) is 32.3 Å². The van der Waals surface area contributed by atoms with Gasteiger partial charge in [-0.25, -0.2) is 4.79 Å². The summed E-state index contributed by atoms with van der Waals surface area (Å²) >= 11 is 1.64. The van der Waals surface area contributed by atoms with Gasteiger partial charge >= 0.3 is 6.03 Å². The van der Waals surface area contributed by atoms with Crippen LogP contribution in [0.4, 0.5) is 10.5 Å². The molecular weight excluding hydrogens is 370 g/mol. The molecule has 1 aromatic heterocycles. The highest BCUT2D eigenvalue weighted by molar-refractivity contribution is 7.07. The van der Waals surface area contributed by atoms with E-state index in [0.29, 0.717) is 32.1 Å². The van der Waals surface area contributed by atoms with E-state index < -0.39 is 0 Å². The fourth-order valence-electron chi connectivity index (χ4n) is 3.46. The van der Waals surface area contributed by atoms with Gasteiger partial charge in [-0.2, -0.15) is 11.3 Å².